The maximum atomic E-state index is 13.1. The molecule has 0 bridgehead atoms. The van der Waals surface area contributed by atoms with Gasteiger partial charge in [-0.05, 0) is 42.8 Å². The van der Waals surface area contributed by atoms with Crippen LogP contribution in [-0.4, -0.2) is 40.8 Å². The molecule has 0 unspecified atom stereocenters. The van der Waals surface area contributed by atoms with Crippen molar-refractivity contribution in [1.82, 2.24) is 14.8 Å². The van der Waals surface area contributed by atoms with Gasteiger partial charge in [0.05, 0.1) is 17.1 Å². The van der Waals surface area contributed by atoms with Crippen molar-refractivity contribution < 1.29 is 4.79 Å². The summed E-state index contributed by atoms with van der Waals surface area (Å²) in [6, 6.07) is 13.7. The zero-order chi connectivity index (χ0) is 17.4. The van der Waals surface area contributed by atoms with E-state index in [1.165, 1.54) is 6.33 Å². The van der Waals surface area contributed by atoms with Crippen LogP contribution in [-0.2, 0) is 0 Å². The largest absolute Gasteiger partial charge is 0.371 e. The second kappa shape index (κ2) is 6.05. The Balaban J connectivity index is 1.68. The van der Waals surface area contributed by atoms with Gasteiger partial charge in [-0.1, -0.05) is 12.1 Å². The van der Waals surface area contributed by atoms with Crippen LogP contribution in [0.25, 0.3) is 5.69 Å². The molecule has 0 fully saturated rings. The minimum atomic E-state index is 0.0220. The number of anilines is 2. The molecule has 0 spiro atoms. The average molecular weight is 333 g/mol. The molecule has 1 aromatic heterocycles. The monoisotopic (exact) mass is 333 g/mol. The number of fused-ring (bicyclic) bond motifs is 1. The number of likely N-dealkylation sites (N-methyl/N-ethyl adjacent to an activating group) is 1. The topological polar surface area (TPSA) is 54.3 Å². The van der Waals surface area contributed by atoms with Crippen molar-refractivity contribution in [2.75, 3.05) is 29.9 Å². The molecule has 1 amide bonds. The smallest absolute Gasteiger partial charge is 0.258 e. The van der Waals surface area contributed by atoms with Crippen LogP contribution in [0.1, 0.15) is 15.9 Å². The van der Waals surface area contributed by atoms with Gasteiger partial charge in [0, 0.05) is 25.7 Å². The SMILES string of the molecule is Cc1cc(C(=O)N2CCN(C)c3ccccc32)ccc1-n1cncn1. The van der Waals surface area contributed by atoms with Gasteiger partial charge < -0.3 is 9.80 Å². The highest BCUT2D eigenvalue weighted by molar-refractivity contribution is 6.08. The summed E-state index contributed by atoms with van der Waals surface area (Å²) >= 11 is 0. The summed E-state index contributed by atoms with van der Waals surface area (Å²) in [5.74, 6) is 0.0220. The van der Waals surface area contributed by atoms with Gasteiger partial charge >= 0.3 is 0 Å². The molecule has 1 aliphatic heterocycles. The number of benzene rings is 2. The minimum absolute atomic E-state index is 0.0220. The first-order valence-electron chi connectivity index (χ1n) is 8.23. The van der Waals surface area contributed by atoms with E-state index in [1.807, 2.05) is 54.3 Å². The van der Waals surface area contributed by atoms with Crippen molar-refractivity contribution in [3.8, 4) is 5.69 Å². The first-order valence-corrected chi connectivity index (χ1v) is 8.23. The molecular formula is C19H19N5O. The third kappa shape index (κ3) is 2.65. The number of amides is 1. The summed E-state index contributed by atoms with van der Waals surface area (Å²) in [7, 11) is 2.05. The molecule has 6 nitrogen and oxygen atoms in total. The zero-order valence-corrected chi connectivity index (χ0v) is 14.3. The lowest BCUT2D eigenvalue weighted by atomic mass is 10.1. The molecule has 0 saturated heterocycles. The number of carbonyl (C=O) groups is 1. The first kappa shape index (κ1) is 15.4. The van der Waals surface area contributed by atoms with E-state index in [9.17, 15) is 4.79 Å². The Morgan fingerprint density at radius 3 is 2.56 bits per heavy atom. The van der Waals surface area contributed by atoms with E-state index in [1.54, 1.807) is 11.0 Å². The lowest BCUT2D eigenvalue weighted by Crippen LogP contribution is -2.42. The molecule has 0 aliphatic carbocycles. The molecule has 25 heavy (non-hydrogen) atoms. The van der Waals surface area contributed by atoms with E-state index in [0.29, 0.717) is 12.1 Å². The second-order valence-electron chi connectivity index (χ2n) is 6.21. The van der Waals surface area contributed by atoms with Crippen molar-refractivity contribution in [3.63, 3.8) is 0 Å². The fourth-order valence-electron chi connectivity index (χ4n) is 3.25. The van der Waals surface area contributed by atoms with Gasteiger partial charge in [-0.25, -0.2) is 9.67 Å². The van der Waals surface area contributed by atoms with Gasteiger partial charge in [-0.15, -0.1) is 0 Å². The molecule has 3 aromatic rings. The molecular weight excluding hydrogens is 314 g/mol. The van der Waals surface area contributed by atoms with Crippen molar-refractivity contribution in [2.24, 2.45) is 0 Å². The molecule has 126 valence electrons. The quantitative estimate of drug-likeness (QED) is 0.723. The van der Waals surface area contributed by atoms with Crippen LogP contribution in [0.2, 0.25) is 0 Å². The predicted octanol–water partition coefficient (Wildman–Crippen LogP) is 2.67. The Labute approximate surface area is 146 Å². The van der Waals surface area contributed by atoms with Crippen molar-refractivity contribution in [3.05, 3.63) is 66.2 Å². The fraction of sp³-hybridized carbons (Fsp3) is 0.211. The van der Waals surface area contributed by atoms with Crippen LogP contribution >= 0.6 is 0 Å². The van der Waals surface area contributed by atoms with E-state index in [0.717, 1.165) is 29.2 Å². The van der Waals surface area contributed by atoms with Crippen molar-refractivity contribution in [1.29, 1.82) is 0 Å². The summed E-state index contributed by atoms with van der Waals surface area (Å²) in [4.78, 5) is 21.1. The Kier molecular flexibility index (Phi) is 3.72. The molecule has 2 heterocycles. The highest BCUT2D eigenvalue weighted by Gasteiger charge is 2.25. The lowest BCUT2D eigenvalue weighted by Gasteiger charge is -2.35. The van der Waals surface area contributed by atoms with E-state index >= 15 is 0 Å². The Morgan fingerprint density at radius 2 is 1.84 bits per heavy atom. The average Bonchev–Trinajstić information content (AvgIpc) is 3.16. The molecule has 0 N–H and O–H groups in total. The highest BCUT2D eigenvalue weighted by atomic mass is 16.2. The molecule has 6 heteroatoms. The standard InChI is InChI=1S/C19H19N5O/c1-14-11-15(7-8-16(14)24-13-20-12-21-24)19(25)23-10-9-22(2)17-5-3-4-6-18(17)23/h3-8,11-13H,9-10H2,1-2H3. The number of carbonyl (C=O) groups excluding carboxylic acids is 1. The third-order valence-electron chi connectivity index (χ3n) is 4.60. The van der Waals surface area contributed by atoms with Gasteiger partial charge in [0.25, 0.3) is 5.91 Å². The Morgan fingerprint density at radius 1 is 1.04 bits per heavy atom. The zero-order valence-electron chi connectivity index (χ0n) is 14.3. The summed E-state index contributed by atoms with van der Waals surface area (Å²) < 4.78 is 1.70. The number of aryl methyl sites for hydroxylation is 1. The van der Waals surface area contributed by atoms with Crippen LogP contribution < -0.4 is 9.80 Å². The summed E-state index contributed by atoms with van der Waals surface area (Å²) in [6.07, 6.45) is 3.15. The third-order valence-corrected chi connectivity index (χ3v) is 4.60. The van der Waals surface area contributed by atoms with Gasteiger partial charge in [-0.2, -0.15) is 5.10 Å². The molecule has 0 radical (unpaired) electrons. The maximum absolute atomic E-state index is 13.1. The van der Waals surface area contributed by atoms with E-state index in [2.05, 4.69) is 22.0 Å². The van der Waals surface area contributed by atoms with Gasteiger partial charge in [0.1, 0.15) is 12.7 Å². The number of rotatable bonds is 2. The number of hydrogen-bond acceptors (Lipinski definition) is 4. The van der Waals surface area contributed by atoms with Gasteiger partial charge in [0.2, 0.25) is 0 Å². The Bertz CT molecular complexity index is 919. The first-order chi connectivity index (χ1) is 12.1. The number of nitrogens with zero attached hydrogens (tertiary/aromatic N) is 5. The Hall–Kier alpha value is -3.15. The highest BCUT2D eigenvalue weighted by Crippen LogP contribution is 2.32. The van der Waals surface area contributed by atoms with Crippen LogP contribution in [0, 0.1) is 6.92 Å². The van der Waals surface area contributed by atoms with Crippen molar-refractivity contribution in [2.45, 2.75) is 6.92 Å². The summed E-state index contributed by atoms with van der Waals surface area (Å²) in [5.41, 5.74) is 4.63. The van der Waals surface area contributed by atoms with Gasteiger partial charge in [-0.3, -0.25) is 4.79 Å². The fourth-order valence-corrected chi connectivity index (χ4v) is 3.25. The summed E-state index contributed by atoms with van der Waals surface area (Å²) in [6.45, 7) is 3.47. The van der Waals surface area contributed by atoms with Crippen LogP contribution in [0.3, 0.4) is 0 Å². The van der Waals surface area contributed by atoms with Crippen LogP contribution in [0.15, 0.2) is 55.1 Å². The molecule has 0 atom stereocenters. The van der Waals surface area contributed by atoms with Crippen molar-refractivity contribution >= 4 is 17.3 Å². The number of para-hydroxylation sites is 2. The lowest BCUT2D eigenvalue weighted by molar-refractivity contribution is 0.0986. The van der Waals surface area contributed by atoms with Gasteiger partial charge in [0.15, 0.2) is 0 Å². The summed E-state index contributed by atoms with van der Waals surface area (Å²) in [5, 5.41) is 4.15. The molecule has 1 aliphatic rings. The van der Waals surface area contributed by atoms with Crippen LogP contribution in [0.5, 0.6) is 0 Å². The molecule has 2 aromatic carbocycles. The number of aromatic nitrogens is 3. The second-order valence-corrected chi connectivity index (χ2v) is 6.21. The van der Waals surface area contributed by atoms with E-state index in [4.69, 9.17) is 0 Å². The van der Waals surface area contributed by atoms with Crippen LogP contribution in [0.4, 0.5) is 11.4 Å². The minimum Gasteiger partial charge on any atom is -0.371 e. The predicted molar refractivity (Wildman–Crippen MR) is 97.5 cm³/mol. The maximum Gasteiger partial charge on any atom is 0.258 e. The normalized spacial score (nSPS) is 13.7. The van der Waals surface area contributed by atoms with E-state index in [-0.39, 0.29) is 5.91 Å². The number of hydrogen-bond donors (Lipinski definition) is 0. The molecule has 4 rings (SSSR count). The molecule has 0 saturated carbocycles. The van der Waals surface area contributed by atoms with E-state index < -0.39 is 0 Å².